The fraction of sp³-hybridized carbons (Fsp3) is 0.625. The molecule has 0 spiro atoms. The molecule has 0 aliphatic rings. The minimum absolute atomic E-state index is 0.264. The minimum Gasteiger partial charge on any atom is -0.460 e. The standard InChI is InChI=1S/C8H14O4Si/c1-7(2)8(9)12-5-4-11-6-13-10-3/h1,4-6H2,2-3H3. The van der Waals surface area contributed by atoms with Crippen molar-refractivity contribution in [1.82, 2.24) is 0 Å². The van der Waals surface area contributed by atoms with Gasteiger partial charge in [-0.2, -0.15) is 0 Å². The Hall–Kier alpha value is -0.653. The first-order valence-electron chi connectivity index (χ1n) is 3.84. The highest BCUT2D eigenvalue weighted by Crippen LogP contribution is 1.91. The second-order valence-electron chi connectivity index (χ2n) is 2.32. The number of ether oxygens (including phenoxy) is 2. The minimum atomic E-state index is -0.377. The first-order chi connectivity index (χ1) is 6.18. The highest BCUT2D eigenvalue weighted by molar-refractivity contribution is 6.26. The van der Waals surface area contributed by atoms with Gasteiger partial charge in [-0.1, -0.05) is 6.58 Å². The Balaban J connectivity index is 3.16. The fourth-order valence-corrected chi connectivity index (χ4v) is 0.835. The molecule has 0 unspecified atom stereocenters. The van der Waals surface area contributed by atoms with E-state index in [1.165, 1.54) is 0 Å². The van der Waals surface area contributed by atoms with E-state index in [-0.39, 0.29) is 12.6 Å². The van der Waals surface area contributed by atoms with E-state index in [0.717, 1.165) is 0 Å². The summed E-state index contributed by atoms with van der Waals surface area (Å²) in [6, 6.07) is 0. The van der Waals surface area contributed by atoms with Crippen molar-refractivity contribution in [3.63, 3.8) is 0 Å². The van der Waals surface area contributed by atoms with Crippen molar-refractivity contribution in [2.75, 3.05) is 26.6 Å². The van der Waals surface area contributed by atoms with Crippen LogP contribution < -0.4 is 0 Å². The van der Waals surface area contributed by atoms with Gasteiger partial charge in [0.2, 0.25) is 0 Å². The molecule has 0 aromatic carbocycles. The average molecular weight is 202 g/mol. The molecule has 0 saturated heterocycles. The van der Waals surface area contributed by atoms with Crippen LogP contribution in [0.4, 0.5) is 0 Å². The zero-order chi connectivity index (χ0) is 10.1. The van der Waals surface area contributed by atoms with Crippen LogP contribution in [0, 0.1) is 0 Å². The van der Waals surface area contributed by atoms with Gasteiger partial charge in [-0.3, -0.25) is 0 Å². The summed E-state index contributed by atoms with van der Waals surface area (Å²) in [6.07, 6.45) is 0.543. The highest BCUT2D eigenvalue weighted by Gasteiger charge is 2.01. The molecular weight excluding hydrogens is 188 g/mol. The molecule has 0 heterocycles. The average Bonchev–Trinajstić information content (AvgIpc) is 2.10. The molecule has 0 bridgehead atoms. The highest BCUT2D eigenvalue weighted by atomic mass is 28.2. The summed E-state index contributed by atoms with van der Waals surface area (Å²) in [7, 11) is 1.95. The molecule has 0 aromatic heterocycles. The summed E-state index contributed by atoms with van der Waals surface area (Å²) in [4.78, 5) is 10.8. The molecule has 0 fully saturated rings. The van der Waals surface area contributed by atoms with Gasteiger partial charge in [0.15, 0.2) is 0 Å². The van der Waals surface area contributed by atoms with Crippen molar-refractivity contribution in [2.45, 2.75) is 6.92 Å². The number of carbonyl (C=O) groups excluding carboxylic acids is 1. The number of hydrogen-bond donors (Lipinski definition) is 0. The largest absolute Gasteiger partial charge is 0.460 e. The Morgan fingerprint density at radius 3 is 2.69 bits per heavy atom. The Morgan fingerprint density at radius 2 is 2.15 bits per heavy atom. The van der Waals surface area contributed by atoms with Crippen LogP contribution in [-0.4, -0.2) is 42.3 Å². The van der Waals surface area contributed by atoms with E-state index < -0.39 is 0 Å². The Morgan fingerprint density at radius 1 is 1.46 bits per heavy atom. The lowest BCUT2D eigenvalue weighted by atomic mass is 10.4. The first kappa shape index (κ1) is 12.3. The maximum Gasteiger partial charge on any atom is 0.333 e. The molecule has 74 valence electrons. The molecule has 2 radical (unpaired) electrons. The van der Waals surface area contributed by atoms with E-state index in [9.17, 15) is 4.79 Å². The molecule has 0 aromatic rings. The van der Waals surface area contributed by atoms with Crippen molar-refractivity contribution < 1.29 is 18.7 Å². The van der Waals surface area contributed by atoms with Crippen LogP contribution in [0.3, 0.4) is 0 Å². The Bertz CT molecular complexity index is 170. The van der Waals surface area contributed by atoms with Gasteiger partial charge >= 0.3 is 5.97 Å². The topological polar surface area (TPSA) is 44.8 Å². The molecule has 5 heteroatoms. The second kappa shape index (κ2) is 7.97. The van der Waals surface area contributed by atoms with Gasteiger partial charge in [-0.25, -0.2) is 4.79 Å². The maximum absolute atomic E-state index is 10.8. The van der Waals surface area contributed by atoms with Gasteiger partial charge in [-0.05, 0) is 6.92 Å². The summed E-state index contributed by atoms with van der Waals surface area (Å²) in [6.45, 7) is 5.72. The predicted octanol–water partition coefficient (Wildman–Crippen LogP) is 0.345. The van der Waals surface area contributed by atoms with E-state index in [4.69, 9.17) is 13.9 Å². The summed E-state index contributed by atoms with van der Waals surface area (Å²) in [5.41, 5.74) is 0.402. The second-order valence-corrected chi connectivity index (χ2v) is 3.30. The molecule has 0 N–H and O–H groups in total. The quantitative estimate of drug-likeness (QED) is 0.258. The van der Waals surface area contributed by atoms with Crippen LogP contribution in [0.25, 0.3) is 0 Å². The van der Waals surface area contributed by atoms with Gasteiger partial charge in [0, 0.05) is 12.7 Å². The molecule has 4 nitrogen and oxygen atoms in total. The fourth-order valence-electron chi connectivity index (χ4n) is 0.489. The van der Waals surface area contributed by atoms with Gasteiger partial charge in [0.05, 0.1) is 12.8 Å². The van der Waals surface area contributed by atoms with Crippen LogP contribution in [-0.2, 0) is 18.7 Å². The Kier molecular flexibility index (Phi) is 7.57. The molecule has 0 aliphatic carbocycles. The third-order valence-electron chi connectivity index (χ3n) is 1.11. The number of esters is 1. The molecule has 0 rings (SSSR count). The lowest BCUT2D eigenvalue weighted by Crippen LogP contribution is -2.13. The molecule has 0 saturated carbocycles. The van der Waals surface area contributed by atoms with Crippen molar-refractivity contribution >= 4 is 15.7 Å². The van der Waals surface area contributed by atoms with Crippen LogP contribution >= 0.6 is 0 Å². The molecule has 13 heavy (non-hydrogen) atoms. The van der Waals surface area contributed by atoms with E-state index in [2.05, 4.69) is 6.58 Å². The summed E-state index contributed by atoms with van der Waals surface area (Å²) < 4.78 is 14.7. The van der Waals surface area contributed by atoms with Crippen LogP contribution in [0.2, 0.25) is 0 Å². The van der Waals surface area contributed by atoms with Crippen molar-refractivity contribution in [3.8, 4) is 0 Å². The predicted molar refractivity (Wildman–Crippen MR) is 49.4 cm³/mol. The molecular formula is C8H14O4Si. The van der Waals surface area contributed by atoms with E-state index in [1.54, 1.807) is 14.0 Å². The lowest BCUT2D eigenvalue weighted by molar-refractivity contribution is -0.140. The Labute approximate surface area is 80.8 Å². The van der Waals surface area contributed by atoms with E-state index in [0.29, 0.717) is 28.2 Å². The SMILES string of the molecule is C=C(C)C(=O)OCCOC[Si]OC. The third-order valence-corrected chi connectivity index (χ3v) is 1.73. The van der Waals surface area contributed by atoms with Crippen LogP contribution in [0.1, 0.15) is 6.92 Å². The van der Waals surface area contributed by atoms with Crippen molar-refractivity contribution in [3.05, 3.63) is 12.2 Å². The molecule has 0 atom stereocenters. The zero-order valence-electron chi connectivity index (χ0n) is 7.96. The van der Waals surface area contributed by atoms with Gasteiger partial charge < -0.3 is 13.9 Å². The van der Waals surface area contributed by atoms with Crippen molar-refractivity contribution in [2.24, 2.45) is 0 Å². The summed E-state index contributed by atoms with van der Waals surface area (Å²) >= 11 is 0. The third kappa shape index (κ3) is 7.70. The van der Waals surface area contributed by atoms with Crippen LogP contribution in [0.15, 0.2) is 12.2 Å². The van der Waals surface area contributed by atoms with E-state index >= 15 is 0 Å². The zero-order valence-corrected chi connectivity index (χ0v) is 8.96. The van der Waals surface area contributed by atoms with Crippen molar-refractivity contribution in [1.29, 1.82) is 0 Å². The lowest BCUT2D eigenvalue weighted by Gasteiger charge is -2.04. The molecule has 0 amide bonds. The van der Waals surface area contributed by atoms with E-state index in [1.807, 2.05) is 0 Å². The monoisotopic (exact) mass is 202 g/mol. The molecule has 0 aliphatic heterocycles. The number of carbonyl (C=O) groups is 1. The normalized spacial score (nSPS) is 9.69. The van der Waals surface area contributed by atoms with Gasteiger partial charge in [-0.15, -0.1) is 0 Å². The van der Waals surface area contributed by atoms with Gasteiger partial charge in [0.1, 0.15) is 6.61 Å². The number of rotatable bonds is 7. The smallest absolute Gasteiger partial charge is 0.333 e. The van der Waals surface area contributed by atoms with Crippen LogP contribution in [0.5, 0.6) is 0 Å². The van der Waals surface area contributed by atoms with Gasteiger partial charge in [0.25, 0.3) is 9.76 Å². The first-order valence-corrected chi connectivity index (χ1v) is 4.96. The summed E-state index contributed by atoms with van der Waals surface area (Å²) in [5.74, 6) is -0.377. The maximum atomic E-state index is 10.8. The summed E-state index contributed by atoms with van der Waals surface area (Å²) in [5, 5.41) is 0. The number of hydrogen-bond acceptors (Lipinski definition) is 4.